The summed E-state index contributed by atoms with van der Waals surface area (Å²) in [6.07, 6.45) is -6.14. The minimum atomic E-state index is -3.76. The number of aromatic nitrogens is 2. The number of hydrogen-bond acceptors (Lipinski definition) is 5. The number of nitrogen functional groups attached to an aromatic ring is 1. The molecule has 0 amide bonds. The molecule has 1 saturated heterocycles. The van der Waals surface area contributed by atoms with E-state index in [-0.39, 0.29) is 5.82 Å². The van der Waals surface area contributed by atoms with Crippen molar-refractivity contribution in [2.75, 3.05) is 12.3 Å². The van der Waals surface area contributed by atoms with Gasteiger partial charge in [0.25, 0.3) is 12.3 Å². The molecule has 2 rings (SSSR count). The highest BCUT2D eigenvalue weighted by Gasteiger charge is 2.62. The average molecular weight is 297 g/mol. The van der Waals surface area contributed by atoms with Gasteiger partial charge in [-0.3, -0.25) is 4.57 Å². The SMILES string of the molecule is Nc1ccn(C2OC(CO)(C(F)F)CC2(F)F)c(=O)n1. The lowest BCUT2D eigenvalue weighted by atomic mass is 10.00. The first-order valence-corrected chi connectivity index (χ1v) is 5.51. The van der Waals surface area contributed by atoms with Crippen LogP contribution < -0.4 is 11.4 Å². The fourth-order valence-corrected chi connectivity index (χ4v) is 1.99. The van der Waals surface area contributed by atoms with Crippen molar-refractivity contribution in [3.8, 4) is 0 Å². The van der Waals surface area contributed by atoms with E-state index in [0.717, 1.165) is 12.3 Å². The predicted octanol–water partition coefficient (Wildman–Crippen LogP) is 0.376. The van der Waals surface area contributed by atoms with Crippen LogP contribution in [0.5, 0.6) is 0 Å². The maximum absolute atomic E-state index is 13.8. The van der Waals surface area contributed by atoms with E-state index >= 15 is 0 Å². The summed E-state index contributed by atoms with van der Waals surface area (Å²) >= 11 is 0. The van der Waals surface area contributed by atoms with Crippen LogP contribution in [0.25, 0.3) is 0 Å². The Balaban J connectivity index is 2.44. The second kappa shape index (κ2) is 4.70. The number of anilines is 1. The van der Waals surface area contributed by atoms with Gasteiger partial charge >= 0.3 is 5.69 Å². The Hall–Kier alpha value is -1.68. The molecule has 2 heterocycles. The lowest BCUT2D eigenvalue weighted by molar-refractivity contribution is -0.183. The third kappa shape index (κ3) is 2.24. The van der Waals surface area contributed by atoms with Crippen molar-refractivity contribution in [2.45, 2.75) is 30.6 Å². The van der Waals surface area contributed by atoms with Crippen LogP contribution in [-0.4, -0.2) is 39.2 Å². The predicted molar refractivity (Wildman–Crippen MR) is 58.4 cm³/mol. The minimum Gasteiger partial charge on any atom is -0.393 e. The van der Waals surface area contributed by atoms with Gasteiger partial charge in [0.05, 0.1) is 13.0 Å². The third-order valence-corrected chi connectivity index (χ3v) is 3.01. The molecule has 1 aromatic rings. The van der Waals surface area contributed by atoms with Crippen molar-refractivity contribution in [3.63, 3.8) is 0 Å². The van der Waals surface area contributed by atoms with Gasteiger partial charge in [-0.15, -0.1) is 0 Å². The smallest absolute Gasteiger partial charge is 0.351 e. The number of ether oxygens (including phenoxy) is 1. The van der Waals surface area contributed by atoms with Gasteiger partial charge in [0.1, 0.15) is 5.82 Å². The molecule has 10 heteroatoms. The molecule has 1 fully saturated rings. The Morgan fingerprint density at radius 2 is 2.25 bits per heavy atom. The topological polar surface area (TPSA) is 90.4 Å². The number of aliphatic hydroxyl groups is 1. The number of alkyl halides is 4. The Bertz CT molecular complexity index is 565. The van der Waals surface area contributed by atoms with Crippen LogP contribution >= 0.6 is 0 Å². The summed E-state index contributed by atoms with van der Waals surface area (Å²) in [4.78, 5) is 14.7. The van der Waals surface area contributed by atoms with E-state index in [9.17, 15) is 22.4 Å². The van der Waals surface area contributed by atoms with Crippen LogP contribution in [0.4, 0.5) is 23.4 Å². The lowest BCUT2D eigenvalue weighted by Crippen LogP contribution is -2.41. The van der Waals surface area contributed by atoms with E-state index in [1.165, 1.54) is 0 Å². The highest BCUT2D eigenvalue weighted by atomic mass is 19.3. The molecule has 0 aromatic carbocycles. The molecule has 0 spiro atoms. The van der Waals surface area contributed by atoms with Gasteiger partial charge in [0.2, 0.25) is 6.23 Å². The molecule has 20 heavy (non-hydrogen) atoms. The second-order valence-corrected chi connectivity index (χ2v) is 4.47. The average Bonchev–Trinajstić information content (AvgIpc) is 2.62. The molecular weight excluding hydrogens is 286 g/mol. The van der Waals surface area contributed by atoms with E-state index in [0.29, 0.717) is 4.57 Å². The van der Waals surface area contributed by atoms with Gasteiger partial charge < -0.3 is 15.6 Å². The highest BCUT2D eigenvalue weighted by Crippen LogP contribution is 2.49. The van der Waals surface area contributed by atoms with Crippen molar-refractivity contribution in [1.29, 1.82) is 0 Å². The summed E-state index contributed by atoms with van der Waals surface area (Å²) in [6.45, 7) is -1.30. The Kier molecular flexibility index (Phi) is 3.46. The van der Waals surface area contributed by atoms with Gasteiger partial charge in [0.15, 0.2) is 5.60 Å². The maximum atomic E-state index is 13.8. The zero-order chi connectivity index (χ0) is 15.1. The van der Waals surface area contributed by atoms with Gasteiger partial charge in [-0.25, -0.2) is 22.4 Å². The molecule has 0 bridgehead atoms. The molecule has 1 aliphatic heterocycles. The molecule has 0 saturated carbocycles. The van der Waals surface area contributed by atoms with E-state index in [1.54, 1.807) is 0 Å². The van der Waals surface area contributed by atoms with Crippen LogP contribution in [0.2, 0.25) is 0 Å². The molecule has 0 radical (unpaired) electrons. The molecule has 3 N–H and O–H groups in total. The first-order valence-electron chi connectivity index (χ1n) is 5.51. The lowest BCUT2D eigenvalue weighted by Gasteiger charge is -2.25. The van der Waals surface area contributed by atoms with Crippen molar-refractivity contribution in [3.05, 3.63) is 22.7 Å². The van der Waals surface area contributed by atoms with Gasteiger partial charge in [-0.05, 0) is 6.07 Å². The number of aliphatic hydroxyl groups excluding tert-OH is 1. The summed E-state index contributed by atoms with van der Waals surface area (Å²) < 4.78 is 58.3. The molecule has 1 aliphatic rings. The fourth-order valence-electron chi connectivity index (χ4n) is 1.99. The second-order valence-electron chi connectivity index (χ2n) is 4.47. The third-order valence-electron chi connectivity index (χ3n) is 3.01. The van der Waals surface area contributed by atoms with Crippen LogP contribution in [0.15, 0.2) is 17.1 Å². The Labute approximate surface area is 109 Å². The molecular formula is C10H11F4N3O3. The minimum absolute atomic E-state index is 0.199. The normalized spacial score (nSPS) is 29.0. The fraction of sp³-hybridized carbons (Fsp3) is 0.600. The molecule has 2 atom stereocenters. The Morgan fingerprint density at radius 3 is 2.70 bits per heavy atom. The highest BCUT2D eigenvalue weighted by molar-refractivity contribution is 5.23. The zero-order valence-corrected chi connectivity index (χ0v) is 9.97. The van der Waals surface area contributed by atoms with Crippen LogP contribution in [0, 0.1) is 0 Å². The van der Waals surface area contributed by atoms with Crippen molar-refractivity contribution in [1.82, 2.24) is 9.55 Å². The van der Waals surface area contributed by atoms with Crippen LogP contribution in [0.3, 0.4) is 0 Å². The number of nitrogens with zero attached hydrogens (tertiary/aromatic N) is 2. The quantitative estimate of drug-likeness (QED) is 0.787. The summed E-state index contributed by atoms with van der Waals surface area (Å²) in [7, 11) is 0. The number of nitrogens with two attached hydrogens (primary N) is 1. The summed E-state index contributed by atoms with van der Waals surface area (Å²) in [5.41, 5.74) is 1.34. The number of rotatable bonds is 3. The van der Waals surface area contributed by atoms with E-state index in [4.69, 9.17) is 10.8 Å². The van der Waals surface area contributed by atoms with Crippen LogP contribution in [-0.2, 0) is 4.74 Å². The summed E-state index contributed by atoms with van der Waals surface area (Å²) in [5.74, 6) is -3.96. The first kappa shape index (κ1) is 14.7. The first-order chi connectivity index (χ1) is 9.22. The van der Waals surface area contributed by atoms with Gasteiger partial charge in [-0.2, -0.15) is 4.98 Å². The van der Waals surface area contributed by atoms with E-state index < -0.39 is 42.9 Å². The largest absolute Gasteiger partial charge is 0.393 e. The molecule has 112 valence electrons. The summed E-state index contributed by atoms with van der Waals surface area (Å²) in [6, 6.07) is 1.06. The number of halogens is 4. The number of hydrogen-bond donors (Lipinski definition) is 2. The molecule has 6 nitrogen and oxygen atoms in total. The van der Waals surface area contributed by atoms with Crippen molar-refractivity contribution in [2.24, 2.45) is 0 Å². The van der Waals surface area contributed by atoms with E-state index in [1.807, 2.05) is 0 Å². The van der Waals surface area contributed by atoms with E-state index in [2.05, 4.69) is 9.72 Å². The molecule has 1 aromatic heterocycles. The summed E-state index contributed by atoms with van der Waals surface area (Å²) in [5, 5.41) is 8.94. The van der Waals surface area contributed by atoms with Crippen molar-refractivity contribution < 1.29 is 27.4 Å². The van der Waals surface area contributed by atoms with Crippen LogP contribution in [0.1, 0.15) is 12.6 Å². The Morgan fingerprint density at radius 1 is 1.60 bits per heavy atom. The molecule has 2 unspecified atom stereocenters. The maximum Gasteiger partial charge on any atom is 0.351 e. The monoisotopic (exact) mass is 297 g/mol. The molecule has 0 aliphatic carbocycles. The van der Waals surface area contributed by atoms with Crippen molar-refractivity contribution >= 4 is 5.82 Å². The zero-order valence-electron chi connectivity index (χ0n) is 9.97. The van der Waals surface area contributed by atoms with Gasteiger partial charge in [0, 0.05) is 6.20 Å². The van der Waals surface area contributed by atoms with Gasteiger partial charge in [-0.1, -0.05) is 0 Å². The standard InChI is InChI=1S/C10H11F4N3O3/c11-6(12)9(4-18)3-10(13,14)7(20-9)17-2-1-5(15)16-8(17)19/h1-2,6-7,18H,3-4H2,(H2,15,16,19).